The van der Waals surface area contributed by atoms with Gasteiger partial charge in [-0.3, -0.25) is 14.6 Å². The number of aliphatic imine (C=N–C) groups is 1. The molecule has 1 unspecified atom stereocenters. The molecule has 2 atom stereocenters. The predicted molar refractivity (Wildman–Crippen MR) is 124 cm³/mol. The summed E-state index contributed by atoms with van der Waals surface area (Å²) in [7, 11) is 1.34. The standard InChI is InChI=1S/C25H28ClF2NO4/c1-6-33-25(31)19(13-29-15(4)14(2)3)24(30)18-11-17(22(32-5)12-21(18)27)10-16-8-7-9-20(26)23(16)28/h7-9,11-15,19H,6,10H2,1-5H3/t15-,19?/m1/s1. The summed E-state index contributed by atoms with van der Waals surface area (Å²) in [4.78, 5) is 30.0. The first-order chi connectivity index (χ1) is 15.6. The van der Waals surface area contributed by atoms with E-state index in [1.807, 2.05) is 20.8 Å². The van der Waals surface area contributed by atoms with Gasteiger partial charge in [-0.25, -0.2) is 8.78 Å². The fraction of sp³-hybridized carbons (Fsp3) is 0.400. The predicted octanol–water partition coefficient (Wildman–Crippen LogP) is 5.69. The van der Waals surface area contributed by atoms with E-state index >= 15 is 0 Å². The molecular weight excluding hydrogens is 452 g/mol. The zero-order valence-corrected chi connectivity index (χ0v) is 20.1. The Hall–Kier alpha value is -2.80. The number of esters is 1. The van der Waals surface area contributed by atoms with Gasteiger partial charge in [-0.15, -0.1) is 0 Å². The molecule has 0 bridgehead atoms. The summed E-state index contributed by atoms with van der Waals surface area (Å²) in [5, 5.41) is -0.0530. The van der Waals surface area contributed by atoms with E-state index in [4.69, 9.17) is 21.1 Å². The van der Waals surface area contributed by atoms with Crippen LogP contribution in [0.1, 0.15) is 49.2 Å². The van der Waals surface area contributed by atoms with Crippen molar-refractivity contribution in [3.8, 4) is 5.75 Å². The van der Waals surface area contributed by atoms with Crippen LogP contribution in [0, 0.1) is 23.5 Å². The Labute approximate surface area is 197 Å². The van der Waals surface area contributed by atoms with E-state index in [1.54, 1.807) is 13.0 Å². The second kappa shape index (κ2) is 11.9. The Balaban J connectivity index is 2.51. The van der Waals surface area contributed by atoms with Gasteiger partial charge in [0.1, 0.15) is 17.4 Å². The Morgan fingerprint density at radius 2 is 1.85 bits per heavy atom. The lowest BCUT2D eigenvalue weighted by Gasteiger charge is -2.16. The minimum absolute atomic E-state index is 0.00132. The number of carbonyl (C=O) groups is 2. The Bertz CT molecular complexity index is 1040. The quantitative estimate of drug-likeness (QED) is 0.190. The molecule has 33 heavy (non-hydrogen) atoms. The summed E-state index contributed by atoms with van der Waals surface area (Å²) in [6.07, 6.45) is 1.21. The monoisotopic (exact) mass is 479 g/mol. The van der Waals surface area contributed by atoms with Crippen LogP contribution in [0.15, 0.2) is 35.3 Å². The van der Waals surface area contributed by atoms with Gasteiger partial charge >= 0.3 is 5.97 Å². The minimum Gasteiger partial charge on any atom is -0.496 e. The third kappa shape index (κ3) is 6.60. The second-order valence-electron chi connectivity index (χ2n) is 7.91. The first-order valence-electron chi connectivity index (χ1n) is 10.6. The number of methoxy groups -OCH3 is 1. The molecule has 0 aliphatic rings. The van der Waals surface area contributed by atoms with Gasteiger partial charge in [-0.1, -0.05) is 37.6 Å². The summed E-state index contributed by atoms with van der Waals surface area (Å²) in [6, 6.07) is 6.69. The van der Waals surface area contributed by atoms with Crippen LogP contribution in [0.25, 0.3) is 0 Å². The average Bonchev–Trinajstić information content (AvgIpc) is 2.77. The molecule has 0 aliphatic heterocycles. The van der Waals surface area contributed by atoms with Gasteiger partial charge in [0, 0.05) is 24.7 Å². The third-order valence-electron chi connectivity index (χ3n) is 5.31. The lowest BCUT2D eigenvalue weighted by molar-refractivity contribution is -0.143. The number of carbonyl (C=O) groups excluding carboxylic acids is 2. The molecule has 2 rings (SSSR count). The highest BCUT2D eigenvalue weighted by Gasteiger charge is 2.30. The number of benzene rings is 2. The molecule has 0 radical (unpaired) electrons. The molecule has 0 amide bonds. The van der Waals surface area contributed by atoms with Gasteiger partial charge in [0.25, 0.3) is 0 Å². The van der Waals surface area contributed by atoms with Crippen LogP contribution in [0.3, 0.4) is 0 Å². The fourth-order valence-corrected chi connectivity index (χ4v) is 3.23. The van der Waals surface area contributed by atoms with Crippen LogP contribution in [0.2, 0.25) is 5.02 Å². The Kier molecular flexibility index (Phi) is 9.53. The van der Waals surface area contributed by atoms with Crippen LogP contribution >= 0.6 is 11.6 Å². The highest BCUT2D eigenvalue weighted by atomic mass is 35.5. The van der Waals surface area contributed by atoms with E-state index in [1.165, 1.54) is 31.5 Å². The van der Waals surface area contributed by atoms with Crippen molar-refractivity contribution >= 4 is 29.6 Å². The fourth-order valence-electron chi connectivity index (χ4n) is 3.04. The largest absolute Gasteiger partial charge is 0.496 e. The number of ether oxygens (including phenoxy) is 2. The first kappa shape index (κ1) is 26.5. The number of halogens is 3. The van der Waals surface area contributed by atoms with Crippen molar-refractivity contribution in [2.24, 2.45) is 16.8 Å². The van der Waals surface area contributed by atoms with E-state index in [2.05, 4.69) is 4.99 Å². The highest BCUT2D eigenvalue weighted by Crippen LogP contribution is 2.29. The molecule has 5 nitrogen and oxygen atoms in total. The molecule has 0 aromatic heterocycles. The van der Waals surface area contributed by atoms with Crippen molar-refractivity contribution < 1.29 is 27.8 Å². The van der Waals surface area contributed by atoms with Crippen molar-refractivity contribution in [1.29, 1.82) is 0 Å². The number of ketones is 1. The molecule has 0 fully saturated rings. The van der Waals surface area contributed by atoms with Crippen molar-refractivity contribution in [3.63, 3.8) is 0 Å². The molecule has 178 valence electrons. The SMILES string of the molecule is CCOC(=O)C(C=N[C@H](C)C(C)C)C(=O)c1cc(Cc2cccc(Cl)c2F)c(OC)cc1F. The highest BCUT2D eigenvalue weighted by molar-refractivity contribution is 6.30. The molecular formula is C25H28ClF2NO4. The number of nitrogens with zero attached hydrogens (tertiary/aromatic N) is 1. The maximum atomic E-state index is 14.9. The number of hydrogen-bond donors (Lipinski definition) is 0. The number of Topliss-reactive ketones (excluding diaryl/α,β-unsaturated/α-hetero) is 1. The zero-order valence-electron chi connectivity index (χ0n) is 19.3. The van der Waals surface area contributed by atoms with Gasteiger partial charge in [0.15, 0.2) is 11.7 Å². The normalized spacial score (nSPS) is 13.2. The van der Waals surface area contributed by atoms with Crippen LogP contribution in [0.5, 0.6) is 5.75 Å². The molecule has 0 spiro atoms. The molecule has 0 N–H and O–H groups in total. The van der Waals surface area contributed by atoms with Gasteiger partial charge in [0.2, 0.25) is 0 Å². The van der Waals surface area contributed by atoms with Gasteiger partial charge in [-0.2, -0.15) is 0 Å². The lowest BCUT2D eigenvalue weighted by atomic mass is 9.94. The minimum atomic E-state index is -1.41. The smallest absolute Gasteiger partial charge is 0.322 e. The van der Waals surface area contributed by atoms with Crippen molar-refractivity contribution in [2.75, 3.05) is 13.7 Å². The van der Waals surface area contributed by atoms with E-state index in [0.717, 1.165) is 6.07 Å². The molecule has 2 aromatic rings. The van der Waals surface area contributed by atoms with Crippen LogP contribution in [-0.2, 0) is 16.0 Å². The molecule has 0 heterocycles. The molecule has 0 saturated heterocycles. The van der Waals surface area contributed by atoms with E-state index < -0.39 is 29.3 Å². The summed E-state index contributed by atoms with van der Waals surface area (Å²) in [5.41, 5.74) is 0.272. The summed E-state index contributed by atoms with van der Waals surface area (Å²) in [6.45, 7) is 7.42. The van der Waals surface area contributed by atoms with E-state index in [-0.39, 0.29) is 46.9 Å². The van der Waals surface area contributed by atoms with Crippen molar-refractivity contribution in [2.45, 2.75) is 40.2 Å². The molecule has 2 aromatic carbocycles. The van der Waals surface area contributed by atoms with E-state index in [9.17, 15) is 18.4 Å². The zero-order chi connectivity index (χ0) is 24.7. The van der Waals surface area contributed by atoms with Crippen molar-refractivity contribution in [3.05, 3.63) is 63.7 Å². The maximum absolute atomic E-state index is 14.9. The number of hydrogen-bond acceptors (Lipinski definition) is 5. The van der Waals surface area contributed by atoms with Crippen LogP contribution < -0.4 is 4.74 Å². The summed E-state index contributed by atoms with van der Waals surface area (Å²) >= 11 is 5.86. The molecule has 0 aliphatic carbocycles. The molecule has 0 saturated carbocycles. The maximum Gasteiger partial charge on any atom is 0.322 e. The average molecular weight is 480 g/mol. The van der Waals surface area contributed by atoms with Crippen LogP contribution in [-0.4, -0.2) is 37.7 Å². The molecule has 8 heteroatoms. The Morgan fingerprint density at radius 1 is 1.15 bits per heavy atom. The number of rotatable bonds is 10. The first-order valence-corrected chi connectivity index (χ1v) is 11.0. The summed E-state index contributed by atoms with van der Waals surface area (Å²) < 4.78 is 39.6. The summed E-state index contributed by atoms with van der Waals surface area (Å²) in [5.74, 6) is -4.20. The lowest BCUT2D eigenvalue weighted by Crippen LogP contribution is -2.29. The van der Waals surface area contributed by atoms with Crippen molar-refractivity contribution in [1.82, 2.24) is 0 Å². The van der Waals surface area contributed by atoms with Gasteiger partial charge < -0.3 is 9.47 Å². The topological polar surface area (TPSA) is 65.0 Å². The van der Waals surface area contributed by atoms with E-state index in [0.29, 0.717) is 5.56 Å². The van der Waals surface area contributed by atoms with Gasteiger partial charge in [-0.05, 0) is 43.0 Å². The second-order valence-corrected chi connectivity index (χ2v) is 8.32. The Morgan fingerprint density at radius 3 is 2.45 bits per heavy atom. The van der Waals surface area contributed by atoms with Crippen LogP contribution in [0.4, 0.5) is 8.78 Å². The van der Waals surface area contributed by atoms with Gasteiger partial charge in [0.05, 0.1) is 24.3 Å². The third-order valence-corrected chi connectivity index (χ3v) is 5.60.